The highest BCUT2D eigenvalue weighted by Crippen LogP contribution is 2.28. The quantitative estimate of drug-likeness (QED) is 0.799. The van der Waals surface area contributed by atoms with Crippen LogP contribution in [0.15, 0.2) is 30.3 Å². The van der Waals surface area contributed by atoms with Crippen molar-refractivity contribution in [3.05, 3.63) is 35.9 Å². The third-order valence-corrected chi connectivity index (χ3v) is 4.18. The lowest BCUT2D eigenvalue weighted by molar-refractivity contribution is -0.130. The van der Waals surface area contributed by atoms with Crippen molar-refractivity contribution in [1.29, 1.82) is 0 Å². The van der Waals surface area contributed by atoms with Gasteiger partial charge in [-0.15, -0.1) is 0 Å². The summed E-state index contributed by atoms with van der Waals surface area (Å²) in [6.45, 7) is 7.33. The summed E-state index contributed by atoms with van der Waals surface area (Å²) >= 11 is 0. The first-order valence-electron chi connectivity index (χ1n) is 7.68. The zero-order valence-electron chi connectivity index (χ0n) is 12.5. The largest absolute Gasteiger partial charge is 0.379 e. The summed E-state index contributed by atoms with van der Waals surface area (Å²) in [4.78, 5) is 15.2. The number of benzene rings is 1. The molecular formula is C17H25NO2. The molecule has 20 heavy (non-hydrogen) atoms. The number of hydrogen-bond acceptors (Lipinski definition) is 3. The molecule has 0 amide bonds. The average molecular weight is 275 g/mol. The van der Waals surface area contributed by atoms with Crippen molar-refractivity contribution in [3.63, 3.8) is 0 Å². The molecule has 0 aromatic heterocycles. The standard InChI is InChI=1S/C17H25NO2/c1-3-14(4-2)17(19)16(15-8-6-5-7-9-15)18-10-12-20-13-11-18/h5-9,14,16H,3-4,10-13H2,1-2H3/t16-/m1/s1. The summed E-state index contributed by atoms with van der Waals surface area (Å²) in [5, 5.41) is 0. The van der Waals surface area contributed by atoms with Crippen LogP contribution in [0.4, 0.5) is 0 Å². The molecule has 0 unspecified atom stereocenters. The Morgan fingerprint density at radius 2 is 1.75 bits per heavy atom. The summed E-state index contributed by atoms with van der Waals surface area (Å²) in [6.07, 6.45) is 1.84. The summed E-state index contributed by atoms with van der Waals surface area (Å²) in [7, 11) is 0. The SMILES string of the molecule is CCC(CC)C(=O)[C@@H](c1ccccc1)N1CCOCC1. The smallest absolute Gasteiger partial charge is 0.157 e. The highest BCUT2D eigenvalue weighted by Gasteiger charge is 2.31. The fourth-order valence-electron chi connectivity index (χ4n) is 2.94. The van der Waals surface area contributed by atoms with Gasteiger partial charge >= 0.3 is 0 Å². The van der Waals surface area contributed by atoms with Crippen LogP contribution in [0.5, 0.6) is 0 Å². The minimum absolute atomic E-state index is 0.106. The highest BCUT2D eigenvalue weighted by molar-refractivity contribution is 5.87. The monoisotopic (exact) mass is 275 g/mol. The van der Waals surface area contributed by atoms with Gasteiger partial charge in [0.2, 0.25) is 0 Å². The van der Waals surface area contributed by atoms with Gasteiger partial charge in [0, 0.05) is 19.0 Å². The second-order valence-corrected chi connectivity index (χ2v) is 5.38. The van der Waals surface area contributed by atoms with Crippen LogP contribution < -0.4 is 0 Å². The van der Waals surface area contributed by atoms with Gasteiger partial charge in [0.1, 0.15) is 0 Å². The zero-order valence-corrected chi connectivity index (χ0v) is 12.5. The van der Waals surface area contributed by atoms with Crippen LogP contribution in [0.1, 0.15) is 38.3 Å². The van der Waals surface area contributed by atoms with Crippen LogP contribution in [0.25, 0.3) is 0 Å². The van der Waals surface area contributed by atoms with E-state index in [1.54, 1.807) is 0 Å². The number of carbonyl (C=O) groups excluding carboxylic acids is 1. The third-order valence-electron chi connectivity index (χ3n) is 4.18. The van der Waals surface area contributed by atoms with Crippen molar-refractivity contribution in [1.82, 2.24) is 4.90 Å². The normalized spacial score (nSPS) is 18.1. The topological polar surface area (TPSA) is 29.5 Å². The van der Waals surface area contributed by atoms with E-state index in [1.165, 1.54) is 0 Å². The Bertz CT molecular complexity index is 408. The van der Waals surface area contributed by atoms with Gasteiger partial charge in [-0.05, 0) is 18.4 Å². The molecule has 1 saturated heterocycles. The first-order valence-corrected chi connectivity index (χ1v) is 7.68. The Morgan fingerprint density at radius 3 is 2.30 bits per heavy atom. The molecular weight excluding hydrogens is 250 g/mol. The molecule has 0 bridgehead atoms. The number of ketones is 1. The molecule has 3 heteroatoms. The molecule has 1 atom stereocenters. The highest BCUT2D eigenvalue weighted by atomic mass is 16.5. The minimum Gasteiger partial charge on any atom is -0.379 e. The summed E-state index contributed by atoms with van der Waals surface area (Å²) in [5.41, 5.74) is 1.12. The fourth-order valence-corrected chi connectivity index (χ4v) is 2.94. The van der Waals surface area contributed by atoms with Crippen LogP contribution in [-0.2, 0) is 9.53 Å². The van der Waals surface area contributed by atoms with Gasteiger partial charge in [-0.2, -0.15) is 0 Å². The van der Waals surface area contributed by atoms with Gasteiger partial charge in [-0.25, -0.2) is 0 Å². The fraction of sp³-hybridized carbons (Fsp3) is 0.588. The lowest BCUT2D eigenvalue weighted by atomic mass is 9.88. The van der Waals surface area contributed by atoms with Crippen molar-refractivity contribution >= 4 is 5.78 Å². The number of ether oxygens (including phenoxy) is 1. The number of hydrogen-bond donors (Lipinski definition) is 0. The Labute approximate surface area is 121 Å². The Balaban J connectivity index is 2.26. The van der Waals surface area contributed by atoms with Crippen LogP contribution in [0.3, 0.4) is 0 Å². The molecule has 3 nitrogen and oxygen atoms in total. The molecule has 0 radical (unpaired) electrons. The zero-order chi connectivity index (χ0) is 14.4. The van der Waals surface area contributed by atoms with E-state index in [1.807, 2.05) is 18.2 Å². The molecule has 0 spiro atoms. The maximum Gasteiger partial charge on any atom is 0.157 e. The Kier molecular flexibility index (Phi) is 5.74. The van der Waals surface area contributed by atoms with Gasteiger partial charge in [-0.1, -0.05) is 44.2 Å². The van der Waals surface area contributed by atoms with Gasteiger partial charge in [0.25, 0.3) is 0 Å². The molecule has 0 N–H and O–H groups in total. The van der Waals surface area contributed by atoms with Crippen LogP contribution in [0.2, 0.25) is 0 Å². The maximum absolute atomic E-state index is 12.9. The summed E-state index contributed by atoms with van der Waals surface area (Å²) < 4.78 is 5.43. The lowest BCUT2D eigenvalue weighted by Crippen LogP contribution is -2.43. The van der Waals surface area contributed by atoms with Gasteiger partial charge in [0.15, 0.2) is 5.78 Å². The second kappa shape index (κ2) is 7.55. The van der Waals surface area contributed by atoms with E-state index in [2.05, 4.69) is 30.9 Å². The van der Waals surface area contributed by atoms with Crippen molar-refractivity contribution in [3.8, 4) is 0 Å². The van der Waals surface area contributed by atoms with Crippen molar-refractivity contribution in [2.45, 2.75) is 32.7 Å². The van der Waals surface area contributed by atoms with E-state index in [0.29, 0.717) is 5.78 Å². The first kappa shape index (κ1) is 15.2. The van der Waals surface area contributed by atoms with Gasteiger partial charge in [0.05, 0.1) is 19.3 Å². The van der Waals surface area contributed by atoms with E-state index < -0.39 is 0 Å². The predicted molar refractivity (Wildman–Crippen MR) is 80.7 cm³/mol. The predicted octanol–water partition coefficient (Wildman–Crippen LogP) is 3.07. The van der Waals surface area contributed by atoms with Gasteiger partial charge < -0.3 is 4.74 Å². The van der Waals surface area contributed by atoms with Crippen molar-refractivity contribution < 1.29 is 9.53 Å². The van der Waals surface area contributed by atoms with Crippen molar-refractivity contribution in [2.75, 3.05) is 26.3 Å². The van der Waals surface area contributed by atoms with E-state index in [4.69, 9.17) is 4.74 Å². The average Bonchev–Trinajstić information content (AvgIpc) is 2.51. The Hall–Kier alpha value is -1.19. The second-order valence-electron chi connectivity index (χ2n) is 5.38. The molecule has 110 valence electrons. The summed E-state index contributed by atoms with van der Waals surface area (Å²) in [5.74, 6) is 0.520. The van der Waals surface area contributed by atoms with E-state index >= 15 is 0 Å². The molecule has 2 rings (SSSR count). The number of Topliss-reactive ketones (excluding diaryl/α,β-unsaturated/α-hetero) is 1. The maximum atomic E-state index is 12.9. The summed E-state index contributed by atoms with van der Waals surface area (Å²) in [6, 6.07) is 10.1. The molecule has 1 fully saturated rings. The number of rotatable bonds is 6. The van der Waals surface area contributed by atoms with Crippen LogP contribution in [-0.4, -0.2) is 37.0 Å². The van der Waals surface area contributed by atoms with E-state index in [9.17, 15) is 4.79 Å². The molecule has 1 aliphatic rings. The lowest BCUT2D eigenvalue weighted by Gasteiger charge is -2.35. The van der Waals surface area contributed by atoms with E-state index in [0.717, 1.165) is 44.7 Å². The minimum atomic E-state index is -0.106. The van der Waals surface area contributed by atoms with Crippen molar-refractivity contribution in [2.24, 2.45) is 5.92 Å². The van der Waals surface area contributed by atoms with E-state index in [-0.39, 0.29) is 12.0 Å². The number of morpholine rings is 1. The molecule has 1 aromatic rings. The molecule has 0 saturated carbocycles. The first-order chi connectivity index (χ1) is 9.77. The molecule has 1 aromatic carbocycles. The number of nitrogens with zero attached hydrogens (tertiary/aromatic N) is 1. The van der Waals surface area contributed by atoms with Gasteiger partial charge in [-0.3, -0.25) is 9.69 Å². The Morgan fingerprint density at radius 1 is 1.15 bits per heavy atom. The third kappa shape index (κ3) is 3.47. The molecule has 0 aliphatic carbocycles. The van der Waals surface area contributed by atoms with Crippen LogP contribution in [0, 0.1) is 5.92 Å². The molecule has 1 aliphatic heterocycles. The number of carbonyl (C=O) groups is 1. The van der Waals surface area contributed by atoms with Crippen LogP contribution >= 0.6 is 0 Å². The molecule has 1 heterocycles.